The van der Waals surface area contributed by atoms with Crippen molar-refractivity contribution >= 4 is 5.97 Å². The fourth-order valence-corrected chi connectivity index (χ4v) is 7.52. The van der Waals surface area contributed by atoms with Gasteiger partial charge in [0.15, 0.2) is 11.6 Å². The van der Waals surface area contributed by atoms with Crippen molar-refractivity contribution in [1.29, 1.82) is 0 Å². The monoisotopic (exact) mass is 500 g/mol. The van der Waals surface area contributed by atoms with Gasteiger partial charge in [0.2, 0.25) is 5.82 Å². The number of benzene rings is 1. The van der Waals surface area contributed by atoms with E-state index in [0.29, 0.717) is 18.8 Å². The minimum absolute atomic E-state index is 0.209. The first-order chi connectivity index (χ1) is 17.5. The Morgan fingerprint density at radius 1 is 0.917 bits per heavy atom. The molecule has 0 aliphatic heterocycles. The van der Waals surface area contributed by atoms with Gasteiger partial charge in [-0.05, 0) is 112 Å². The van der Waals surface area contributed by atoms with Crippen LogP contribution in [0, 0.1) is 47.1 Å². The fourth-order valence-electron chi connectivity index (χ4n) is 7.52. The highest BCUT2D eigenvalue weighted by Crippen LogP contribution is 2.49. The molecule has 4 unspecified atom stereocenters. The Balaban J connectivity index is 1.22. The van der Waals surface area contributed by atoms with Crippen molar-refractivity contribution in [2.75, 3.05) is 0 Å². The zero-order valence-electron chi connectivity index (χ0n) is 22.3. The van der Waals surface area contributed by atoms with Crippen LogP contribution in [0.15, 0.2) is 24.8 Å². The molecule has 4 atom stereocenters. The molecule has 0 radical (unpaired) electrons. The Kier molecular flexibility index (Phi) is 10.0. The van der Waals surface area contributed by atoms with Crippen molar-refractivity contribution in [3.63, 3.8) is 0 Å². The Morgan fingerprint density at radius 3 is 2.31 bits per heavy atom. The quantitative estimate of drug-likeness (QED) is 0.138. The molecule has 0 amide bonds. The fraction of sp³-hybridized carbons (Fsp3) is 0.719. The summed E-state index contributed by atoms with van der Waals surface area (Å²) in [7, 11) is 0. The number of hydrogen-bond acceptors (Lipinski definition) is 2. The highest BCUT2D eigenvalue weighted by atomic mass is 19.2. The maximum atomic E-state index is 14.5. The first kappa shape index (κ1) is 27.3. The summed E-state index contributed by atoms with van der Waals surface area (Å²) >= 11 is 0. The molecule has 3 fully saturated rings. The lowest BCUT2D eigenvalue weighted by Crippen LogP contribution is -2.35. The van der Waals surface area contributed by atoms with Crippen LogP contribution in [-0.2, 0) is 11.2 Å². The molecule has 200 valence electrons. The van der Waals surface area contributed by atoms with Gasteiger partial charge in [-0.3, -0.25) is 4.79 Å². The van der Waals surface area contributed by atoms with Crippen LogP contribution in [0.1, 0.15) is 109 Å². The molecule has 36 heavy (non-hydrogen) atoms. The second-order valence-corrected chi connectivity index (χ2v) is 12.0. The van der Waals surface area contributed by atoms with Crippen LogP contribution in [0.4, 0.5) is 8.78 Å². The SMILES string of the molecule is C=CCCc1ccc(OC(=O)C2CCC(C3CCC4CC(CCCCC)CCC4C3)CC2)c(F)c1F. The molecule has 3 saturated carbocycles. The molecule has 0 aromatic heterocycles. The van der Waals surface area contributed by atoms with E-state index in [4.69, 9.17) is 4.74 Å². The summed E-state index contributed by atoms with van der Waals surface area (Å²) in [5, 5.41) is 0. The smallest absolute Gasteiger partial charge is 0.314 e. The third kappa shape index (κ3) is 6.78. The largest absolute Gasteiger partial charge is 0.423 e. The molecule has 0 saturated heterocycles. The Hall–Kier alpha value is -1.71. The molecule has 0 heterocycles. The van der Waals surface area contributed by atoms with Crippen LogP contribution >= 0.6 is 0 Å². The summed E-state index contributed by atoms with van der Waals surface area (Å²) < 4.78 is 34.2. The van der Waals surface area contributed by atoms with E-state index >= 15 is 0 Å². The highest BCUT2D eigenvalue weighted by Gasteiger charge is 2.39. The molecule has 0 bridgehead atoms. The summed E-state index contributed by atoms with van der Waals surface area (Å²) in [6.07, 6.45) is 20.4. The molecule has 4 heteroatoms. The molecule has 0 N–H and O–H groups in total. The van der Waals surface area contributed by atoms with Crippen molar-refractivity contribution in [2.45, 2.75) is 110 Å². The number of aryl methyl sites for hydroxylation is 1. The van der Waals surface area contributed by atoms with Crippen LogP contribution in [0.3, 0.4) is 0 Å². The van der Waals surface area contributed by atoms with E-state index in [9.17, 15) is 13.6 Å². The van der Waals surface area contributed by atoms with E-state index in [0.717, 1.165) is 49.4 Å². The predicted molar refractivity (Wildman–Crippen MR) is 142 cm³/mol. The van der Waals surface area contributed by atoms with Crippen molar-refractivity contribution in [1.82, 2.24) is 0 Å². The maximum absolute atomic E-state index is 14.5. The molecule has 1 aromatic rings. The number of halogens is 2. The second kappa shape index (κ2) is 13.2. The summed E-state index contributed by atoms with van der Waals surface area (Å²) in [4.78, 5) is 12.8. The number of allylic oxidation sites excluding steroid dienone is 1. The minimum Gasteiger partial charge on any atom is -0.423 e. The minimum atomic E-state index is -1.06. The summed E-state index contributed by atoms with van der Waals surface area (Å²) in [5.41, 5.74) is 0.285. The number of hydrogen-bond donors (Lipinski definition) is 0. The standard InChI is InChI=1S/C32H46F2O2/c1-3-5-7-8-22-10-11-28-21-27(17-16-26(28)20-22)23-12-14-25(15-13-23)32(35)36-29-19-18-24(9-6-4-2)30(33)31(29)34/h4,18-19,22-23,25-28H,2-3,5-17,20-21H2,1H3. The third-order valence-corrected chi connectivity index (χ3v) is 9.71. The molecule has 2 nitrogen and oxygen atoms in total. The Bertz CT molecular complexity index is 873. The molecular weight excluding hydrogens is 454 g/mol. The van der Waals surface area contributed by atoms with Gasteiger partial charge in [-0.15, -0.1) is 6.58 Å². The van der Waals surface area contributed by atoms with Crippen LogP contribution in [0.5, 0.6) is 5.75 Å². The predicted octanol–water partition coefficient (Wildman–Crippen LogP) is 9.21. The maximum Gasteiger partial charge on any atom is 0.314 e. The van der Waals surface area contributed by atoms with E-state index < -0.39 is 17.6 Å². The third-order valence-electron chi connectivity index (χ3n) is 9.71. The van der Waals surface area contributed by atoms with Crippen molar-refractivity contribution < 1.29 is 18.3 Å². The average molecular weight is 501 g/mol. The number of carbonyl (C=O) groups is 1. The summed E-state index contributed by atoms with van der Waals surface area (Å²) in [6, 6.07) is 2.90. The van der Waals surface area contributed by atoms with Gasteiger partial charge in [0.25, 0.3) is 0 Å². The van der Waals surface area contributed by atoms with Crippen molar-refractivity contribution in [3.8, 4) is 5.75 Å². The first-order valence-corrected chi connectivity index (χ1v) is 14.8. The molecule has 4 rings (SSSR count). The van der Waals surface area contributed by atoms with E-state index in [2.05, 4.69) is 13.5 Å². The van der Waals surface area contributed by atoms with E-state index in [1.165, 1.54) is 76.3 Å². The highest BCUT2D eigenvalue weighted by molar-refractivity contribution is 5.75. The summed E-state index contributed by atoms with van der Waals surface area (Å²) in [6.45, 7) is 5.91. The molecule has 3 aliphatic carbocycles. The number of carbonyl (C=O) groups excluding carboxylic acids is 1. The van der Waals surface area contributed by atoms with Gasteiger partial charge in [0, 0.05) is 0 Å². The number of esters is 1. The van der Waals surface area contributed by atoms with E-state index in [1.54, 1.807) is 6.08 Å². The van der Waals surface area contributed by atoms with Crippen molar-refractivity contribution in [2.24, 2.45) is 35.5 Å². The first-order valence-electron chi connectivity index (χ1n) is 14.8. The van der Waals surface area contributed by atoms with Gasteiger partial charge in [0.05, 0.1) is 5.92 Å². The van der Waals surface area contributed by atoms with Gasteiger partial charge in [0.1, 0.15) is 0 Å². The zero-order chi connectivity index (χ0) is 25.5. The Morgan fingerprint density at radius 2 is 1.58 bits per heavy atom. The lowest BCUT2D eigenvalue weighted by molar-refractivity contribution is -0.140. The normalized spacial score (nSPS) is 30.4. The summed E-state index contributed by atoms with van der Waals surface area (Å²) in [5.74, 6) is 1.46. The van der Waals surface area contributed by atoms with Gasteiger partial charge in [-0.1, -0.05) is 51.2 Å². The van der Waals surface area contributed by atoms with Crippen LogP contribution in [0.25, 0.3) is 0 Å². The number of fused-ring (bicyclic) bond motifs is 1. The molecule has 1 aromatic carbocycles. The zero-order valence-corrected chi connectivity index (χ0v) is 22.3. The molecule has 3 aliphatic rings. The Labute approximate surface area is 217 Å². The number of unbranched alkanes of at least 4 members (excludes halogenated alkanes) is 2. The van der Waals surface area contributed by atoms with Gasteiger partial charge < -0.3 is 4.74 Å². The van der Waals surface area contributed by atoms with Crippen LogP contribution in [-0.4, -0.2) is 5.97 Å². The van der Waals surface area contributed by atoms with E-state index in [-0.39, 0.29) is 17.2 Å². The molecular formula is C32H46F2O2. The second-order valence-electron chi connectivity index (χ2n) is 12.0. The lowest BCUT2D eigenvalue weighted by atomic mass is 9.60. The topological polar surface area (TPSA) is 26.3 Å². The van der Waals surface area contributed by atoms with Crippen LogP contribution < -0.4 is 4.74 Å². The average Bonchev–Trinajstić information content (AvgIpc) is 2.91. The van der Waals surface area contributed by atoms with Gasteiger partial charge >= 0.3 is 5.97 Å². The van der Waals surface area contributed by atoms with Gasteiger partial charge in [-0.25, -0.2) is 4.39 Å². The van der Waals surface area contributed by atoms with Crippen molar-refractivity contribution in [3.05, 3.63) is 42.0 Å². The molecule has 0 spiro atoms. The van der Waals surface area contributed by atoms with Crippen LogP contribution in [0.2, 0.25) is 0 Å². The number of ether oxygens (including phenoxy) is 1. The number of rotatable bonds is 10. The van der Waals surface area contributed by atoms with Gasteiger partial charge in [-0.2, -0.15) is 4.39 Å². The van der Waals surface area contributed by atoms with E-state index in [1.807, 2.05) is 0 Å². The lowest BCUT2D eigenvalue weighted by Gasteiger charge is -2.45.